The molecule has 0 aliphatic carbocycles. The Bertz CT molecular complexity index is 595. The summed E-state index contributed by atoms with van der Waals surface area (Å²) in [4.78, 5) is 12.1. The zero-order valence-electron chi connectivity index (χ0n) is 10.5. The zero-order valence-corrected chi connectivity index (χ0v) is 11.3. The Morgan fingerprint density at radius 1 is 1.44 bits per heavy atom. The van der Waals surface area contributed by atoms with Crippen molar-refractivity contribution >= 4 is 23.0 Å². The highest BCUT2D eigenvalue weighted by Crippen LogP contribution is 2.43. The summed E-state index contributed by atoms with van der Waals surface area (Å²) in [6, 6.07) is 3.70. The lowest BCUT2D eigenvalue weighted by molar-refractivity contribution is 0.0703. The van der Waals surface area contributed by atoms with E-state index in [1.54, 1.807) is 0 Å². The lowest BCUT2D eigenvalue weighted by Gasteiger charge is -2.06. The smallest absolute Gasteiger partial charge is 0.348 e. The number of thiophene rings is 1. The third-order valence-electron chi connectivity index (χ3n) is 2.72. The lowest BCUT2D eigenvalue weighted by Crippen LogP contribution is -2.00. The summed E-state index contributed by atoms with van der Waals surface area (Å²) in [6.45, 7) is 5.83. The molecule has 0 bridgehead atoms. The maximum atomic E-state index is 11.1. The molecular weight excluding hydrogens is 250 g/mol. The summed E-state index contributed by atoms with van der Waals surface area (Å²) >= 11 is 1.17. The molecule has 0 radical (unpaired) electrons. The number of hydrogen-bond donors (Lipinski definition) is 2. The second-order valence-electron chi connectivity index (χ2n) is 4.46. The molecule has 0 spiro atoms. The van der Waals surface area contributed by atoms with Crippen molar-refractivity contribution in [3.05, 3.63) is 28.3 Å². The monoisotopic (exact) mass is 265 g/mol. The van der Waals surface area contributed by atoms with Crippen LogP contribution in [0.15, 0.2) is 16.5 Å². The predicted octanol–water partition coefficient (Wildman–Crippen LogP) is 3.72. The van der Waals surface area contributed by atoms with Crippen LogP contribution in [0.4, 0.5) is 5.69 Å². The second-order valence-corrected chi connectivity index (χ2v) is 5.48. The van der Waals surface area contributed by atoms with Crippen LogP contribution < -0.4 is 5.73 Å². The molecule has 0 amide bonds. The quantitative estimate of drug-likeness (QED) is 0.886. The Kier molecular flexibility index (Phi) is 3.17. The van der Waals surface area contributed by atoms with E-state index in [0.29, 0.717) is 11.4 Å². The minimum Gasteiger partial charge on any atom is -0.477 e. The molecule has 0 aliphatic rings. The van der Waals surface area contributed by atoms with Crippen LogP contribution in [0.1, 0.15) is 40.8 Å². The van der Waals surface area contributed by atoms with Gasteiger partial charge in [-0.1, -0.05) is 13.8 Å². The van der Waals surface area contributed by atoms with Crippen molar-refractivity contribution in [1.29, 1.82) is 0 Å². The van der Waals surface area contributed by atoms with E-state index in [9.17, 15) is 4.79 Å². The molecule has 18 heavy (non-hydrogen) atoms. The number of aromatic carboxylic acids is 1. The largest absolute Gasteiger partial charge is 0.477 e. The standard InChI is InChI=1S/C13H15NO3S/c1-6(2)9-10(14)12(13(15)16)18-11(9)8-5-4-7(3)17-8/h4-6H,14H2,1-3H3,(H,15,16). The first-order valence-corrected chi connectivity index (χ1v) is 6.45. The molecule has 0 saturated heterocycles. The Balaban J connectivity index is 2.66. The maximum absolute atomic E-state index is 11.1. The maximum Gasteiger partial charge on any atom is 0.348 e. The summed E-state index contributed by atoms with van der Waals surface area (Å²) in [6.07, 6.45) is 0. The Morgan fingerprint density at radius 2 is 2.11 bits per heavy atom. The van der Waals surface area contributed by atoms with E-state index in [4.69, 9.17) is 15.3 Å². The van der Waals surface area contributed by atoms with Crippen LogP contribution in [0.5, 0.6) is 0 Å². The van der Waals surface area contributed by atoms with E-state index in [-0.39, 0.29) is 10.8 Å². The van der Waals surface area contributed by atoms with E-state index in [0.717, 1.165) is 16.2 Å². The molecule has 2 rings (SSSR count). The Morgan fingerprint density at radius 3 is 2.56 bits per heavy atom. The van der Waals surface area contributed by atoms with E-state index in [1.165, 1.54) is 11.3 Å². The van der Waals surface area contributed by atoms with Crippen LogP contribution in [0.2, 0.25) is 0 Å². The average molecular weight is 265 g/mol. The number of rotatable bonds is 3. The molecule has 5 heteroatoms. The molecular formula is C13H15NO3S. The minimum atomic E-state index is -0.992. The van der Waals surface area contributed by atoms with Gasteiger partial charge in [0.05, 0.1) is 10.6 Å². The van der Waals surface area contributed by atoms with Gasteiger partial charge in [0.1, 0.15) is 16.4 Å². The molecule has 2 aromatic heterocycles. The molecule has 0 saturated carbocycles. The van der Waals surface area contributed by atoms with Gasteiger partial charge in [0, 0.05) is 5.56 Å². The van der Waals surface area contributed by atoms with Crippen molar-refractivity contribution in [1.82, 2.24) is 0 Å². The van der Waals surface area contributed by atoms with Crippen LogP contribution in [-0.2, 0) is 0 Å². The molecule has 0 aliphatic heterocycles. The van der Waals surface area contributed by atoms with Gasteiger partial charge in [-0.15, -0.1) is 11.3 Å². The first kappa shape index (κ1) is 12.7. The molecule has 4 nitrogen and oxygen atoms in total. The number of carboxylic acids is 1. The number of carboxylic acid groups (broad SMARTS) is 1. The van der Waals surface area contributed by atoms with E-state index in [2.05, 4.69) is 0 Å². The predicted molar refractivity (Wildman–Crippen MR) is 72.2 cm³/mol. The summed E-state index contributed by atoms with van der Waals surface area (Å²) in [5, 5.41) is 9.14. The van der Waals surface area contributed by atoms with Gasteiger partial charge in [-0.3, -0.25) is 0 Å². The van der Waals surface area contributed by atoms with E-state index in [1.807, 2.05) is 32.9 Å². The van der Waals surface area contributed by atoms with Crippen molar-refractivity contribution in [2.45, 2.75) is 26.7 Å². The first-order valence-electron chi connectivity index (χ1n) is 5.64. The van der Waals surface area contributed by atoms with Gasteiger partial charge in [-0.25, -0.2) is 4.79 Å². The normalized spacial score (nSPS) is 11.1. The number of hydrogen-bond acceptors (Lipinski definition) is 4. The van der Waals surface area contributed by atoms with Gasteiger partial charge >= 0.3 is 5.97 Å². The first-order chi connectivity index (χ1) is 8.41. The Hall–Kier alpha value is -1.75. The van der Waals surface area contributed by atoms with Gasteiger partial charge < -0.3 is 15.3 Å². The number of anilines is 1. The highest BCUT2D eigenvalue weighted by molar-refractivity contribution is 7.18. The number of furan rings is 1. The van der Waals surface area contributed by atoms with Crippen molar-refractivity contribution < 1.29 is 14.3 Å². The third kappa shape index (κ3) is 2.01. The molecule has 96 valence electrons. The molecule has 2 aromatic rings. The minimum absolute atomic E-state index is 0.148. The molecule has 0 aromatic carbocycles. The van der Waals surface area contributed by atoms with Crippen LogP contribution >= 0.6 is 11.3 Å². The van der Waals surface area contributed by atoms with Crippen LogP contribution in [0.3, 0.4) is 0 Å². The number of nitrogens with two attached hydrogens (primary N) is 1. The van der Waals surface area contributed by atoms with Crippen molar-refractivity contribution in [2.75, 3.05) is 5.73 Å². The molecule has 3 N–H and O–H groups in total. The highest BCUT2D eigenvalue weighted by atomic mass is 32.1. The highest BCUT2D eigenvalue weighted by Gasteiger charge is 2.24. The molecule has 2 heterocycles. The fourth-order valence-electron chi connectivity index (χ4n) is 1.93. The van der Waals surface area contributed by atoms with Crippen LogP contribution in [-0.4, -0.2) is 11.1 Å². The fraction of sp³-hybridized carbons (Fsp3) is 0.308. The van der Waals surface area contributed by atoms with Gasteiger partial charge in [-0.05, 0) is 25.0 Å². The molecule has 0 fully saturated rings. The van der Waals surface area contributed by atoms with Crippen LogP contribution in [0, 0.1) is 6.92 Å². The summed E-state index contributed by atoms with van der Waals surface area (Å²) < 4.78 is 5.57. The molecule has 0 atom stereocenters. The van der Waals surface area contributed by atoms with Gasteiger partial charge in [0.15, 0.2) is 0 Å². The van der Waals surface area contributed by atoms with Gasteiger partial charge in [-0.2, -0.15) is 0 Å². The van der Waals surface area contributed by atoms with E-state index >= 15 is 0 Å². The van der Waals surface area contributed by atoms with Crippen LogP contribution in [0.25, 0.3) is 10.6 Å². The molecule has 0 unspecified atom stereocenters. The summed E-state index contributed by atoms with van der Waals surface area (Å²) in [7, 11) is 0. The zero-order chi connectivity index (χ0) is 13.4. The van der Waals surface area contributed by atoms with Gasteiger partial charge in [0.2, 0.25) is 0 Å². The number of nitrogen functional groups attached to an aromatic ring is 1. The second kappa shape index (κ2) is 4.49. The third-order valence-corrected chi connectivity index (χ3v) is 3.94. The lowest BCUT2D eigenvalue weighted by atomic mass is 10.0. The SMILES string of the molecule is Cc1ccc(-c2sc(C(=O)O)c(N)c2C(C)C)o1. The number of aryl methyl sites for hydroxylation is 1. The summed E-state index contributed by atoms with van der Waals surface area (Å²) in [5.41, 5.74) is 7.14. The van der Waals surface area contributed by atoms with Crippen molar-refractivity contribution in [3.63, 3.8) is 0 Å². The number of carbonyl (C=O) groups is 1. The fourth-order valence-corrected chi connectivity index (χ4v) is 3.11. The van der Waals surface area contributed by atoms with Gasteiger partial charge in [0.25, 0.3) is 0 Å². The van der Waals surface area contributed by atoms with Crippen molar-refractivity contribution in [3.8, 4) is 10.6 Å². The van der Waals surface area contributed by atoms with Crippen molar-refractivity contribution in [2.24, 2.45) is 0 Å². The topological polar surface area (TPSA) is 76.5 Å². The average Bonchev–Trinajstić information content (AvgIpc) is 2.81. The summed E-state index contributed by atoms with van der Waals surface area (Å²) in [5.74, 6) is 0.632. The van der Waals surface area contributed by atoms with E-state index < -0.39 is 5.97 Å². The Labute approximate surface area is 109 Å².